The van der Waals surface area contributed by atoms with Crippen molar-refractivity contribution in [2.75, 3.05) is 6.54 Å². The van der Waals surface area contributed by atoms with Crippen LogP contribution >= 0.6 is 0 Å². The molecule has 4 nitrogen and oxygen atoms in total. The van der Waals surface area contributed by atoms with Gasteiger partial charge in [-0.05, 0) is 38.5 Å². The highest BCUT2D eigenvalue weighted by molar-refractivity contribution is 5.97. The molecule has 0 aromatic heterocycles. The van der Waals surface area contributed by atoms with Gasteiger partial charge in [0, 0.05) is 6.04 Å². The second-order valence-electron chi connectivity index (χ2n) is 6.09. The van der Waals surface area contributed by atoms with Crippen molar-refractivity contribution in [2.24, 2.45) is 11.8 Å². The van der Waals surface area contributed by atoms with E-state index in [0.29, 0.717) is 11.8 Å². The van der Waals surface area contributed by atoms with E-state index in [2.05, 4.69) is 19.2 Å². The molecule has 2 amide bonds. The van der Waals surface area contributed by atoms with Gasteiger partial charge < -0.3 is 10.2 Å². The highest BCUT2D eigenvalue weighted by Crippen LogP contribution is 2.36. The number of carbonyl (C=O) groups is 2. The SMILES string of the molecule is CC1CCC(N2CC(=O)NC(C)(C)C2=O)C1C. The van der Waals surface area contributed by atoms with Crippen molar-refractivity contribution in [1.82, 2.24) is 10.2 Å². The van der Waals surface area contributed by atoms with Gasteiger partial charge in [-0.15, -0.1) is 0 Å². The fourth-order valence-corrected chi connectivity index (χ4v) is 3.07. The number of hydrogen-bond donors (Lipinski definition) is 1. The quantitative estimate of drug-likeness (QED) is 0.745. The number of rotatable bonds is 1. The second-order valence-corrected chi connectivity index (χ2v) is 6.09. The molecule has 1 N–H and O–H groups in total. The number of nitrogens with one attached hydrogen (secondary N) is 1. The van der Waals surface area contributed by atoms with Gasteiger partial charge in [-0.2, -0.15) is 0 Å². The second kappa shape index (κ2) is 4.00. The fourth-order valence-electron chi connectivity index (χ4n) is 3.07. The van der Waals surface area contributed by atoms with Crippen LogP contribution in [-0.2, 0) is 9.59 Å². The first-order valence-corrected chi connectivity index (χ1v) is 6.45. The Kier molecular flexibility index (Phi) is 2.92. The molecule has 0 radical (unpaired) electrons. The van der Waals surface area contributed by atoms with Crippen LogP contribution in [-0.4, -0.2) is 34.8 Å². The molecular formula is C13H22N2O2. The van der Waals surface area contributed by atoms with Gasteiger partial charge in [-0.1, -0.05) is 13.8 Å². The molecule has 4 heteroatoms. The highest BCUT2D eigenvalue weighted by Gasteiger charge is 2.45. The van der Waals surface area contributed by atoms with Crippen LogP contribution in [0, 0.1) is 11.8 Å². The Morgan fingerprint density at radius 3 is 2.41 bits per heavy atom. The first-order valence-electron chi connectivity index (χ1n) is 6.45. The first-order chi connectivity index (χ1) is 7.83. The lowest BCUT2D eigenvalue weighted by Gasteiger charge is -2.42. The Bertz CT molecular complexity index is 351. The lowest BCUT2D eigenvalue weighted by molar-refractivity contribution is -0.151. The van der Waals surface area contributed by atoms with Crippen LogP contribution in [0.3, 0.4) is 0 Å². The van der Waals surface area contributed by atoms with Crippen molar-refractivity contribution in [3.63, 3.8) is 0 Å². The maximum atomic E-state index is 12.3. The summed E-state index contributed by atoms with van der Waals surface area (Å²) in [5.74, 6) is 1.14. The van der Waals surface area contributed by atoms with Crippen molar-refractivity contribution >= 4 is 11.8 Å². The van der Waals surface area contributed by atoms with Gasteiger partial charge in [-0.25, -0.2) is 0 Å². The summed E-state index contributed by atoms with van der Waals surface area (Å²) in [7, 11) is 0. The molecule has 1 heterocycles. The van der Waals surface area contributed by atoms with Gasteiger partial charge in [-0.3, -0.25) is 9.59 Å². The molecule has 3 atom stereocenters. The molecule has 1 aliphatic carbocycles. The largest absolute Gasteiger partial charge is 0.341 e. The number of carbonyl (C=O) groups excluding carboxylic acids is 2. The first kappa shape index (κ1) is 12.4. The molecule has 3 unspecified atom stereocenters. The summed E-state index contributed by atoms with van der Waals surface area (Å²) in [6.07, 6.45) is 2.18. The third kappa shape index (κ3) is 2.05. The summed E-state index contributed by atoms with van der Waals surface area (Å²) in [5, 5.41) is 2.75. The molecule has 1 saturated carbocycles. The highest BCUT2D eigenvalue weighted by atomic mass is 16.2. The molecule has 1 saturated heterocycles. The fraction of sp³-hybridized carbons (Fsp3) is 0.846. The van der Waals surface area contributed by atoms with Gasteiger partial charge >= 0.3 is 0 Å². The number of nitrogens with zero attached hydrogens (tertiary/aromatic N) is 1. The summed E-state index contributed by atoms with van der Waals surface area (Å²) in [4.78, 5) is 25.8. The van der Waals surface area contributed by atoms with Crippen LogP contribution in [0.15, 0.2) is 0 Å². The van der Waals surface area contributed by atoms with Crippen LogP contribution in [0.25, 0.3) is 0 Å². The molecule has 2 fully saturated rings. The lowest BCUT2D eigenvalue weighted by atomic mass is 9.93. The summed E-state index contributed by atoms with van der Waals surface area (Å²) in [6.45, 7) is 8.20. The van der Waals surface area contributed by atoms with Gasteiger partial charge in [0.1, 0.15) is 5.54 Å². The zero-order valence-corrected chi connectivity index (χ0v) is 11.1. The number of amides is 2. The predicted molar refractivity (Wildman–Crippen MR) is 65.3 cm³/mol. The molecule has 0 bridgehead atoms. The van der Waals surface area contributed by atoms with E-state index >= 15 is 0 Å². The van der Waals surface area contributed by atoms with Crippen molar-refractivity contribution < 1.29 is 9.59 Å². The van der Waals surface area contributed by atoms with E-state index in [4.69, 9.17) is 0 Å². The van der Waals surface area contributed by atoms with Crippen LogP contribution in [0.2, 0.25) is 0 Å². The summed E-state index contributed by atoms with van der Waals surface area (Å²) < 4.78 is 0. The Balaban J connectivity index is 2.20. The average molecular weight is 238 g/mol. The van der Waals surface area contributed by atoms with Crippen molar-refractivity contribution in [1.29, 1.82) is 0 Å². The smallest absolute Gasteiger partial charge is 0.248 e. The monoisotopic (exact) mass is 238 g/mol. The van der Waals surface area contributed by atoms with Gasteiger partial charge in [0.2, 0.25) is 11.8 Å². The topological polar surface area (TPSA) is 49.4 Å². The molecule has 96 valence electrons. The number of piperazine rings is 1. The van der Waals surface area contributed by atoms with E-state index < -0.39 is 5.54 Å². The maximum absolute atomic E-state index is 12.3. The Labute approximate surface area is 103 Å². The minimum absolute atomic E-state index is 0.0404. The minimum Gasteiger partial charge on any atom is -0.341 e. The average Bonchev–Trinajstić information content (AvgIpc) is 2.53. The van der Waals surface area contributed by atoms with Crippen molar-refractivity contribution in [3.05, 3.63) is 0 Å². The minimum atomic E-state index is -0.749. The van der Waals surface area contributed by atoms with Crippen LogP contribution in [0.5, 0.6) is 0 Å². The third-order valence-electron chi connectivity index (χ3n) is 4.38. The van der Waals surface area contributed by atoms with E-state index in [1.54, 1.807) is 18.7 Å². The van der Waals surface area contributed by atoms with Crippen LogP contribution in [0.1, 0.15) is 40.5 Å². The molecule has 2 rings (SSSR count). The Morgan fingerprint density at radius 2 is 1.88 bits per heavy atom. The third-order valence-corrected chi connectivity index (χ3v) is 4.38. The van der Waals surface area contributed by atoms with Crippen molar-refractivity contribution in [3.8, 4) is 0 Å². The van der Waals surface area contributed by atoms with Crippen LogP contribution in [0.4, 0.5) is 0 Å². The predicted octanol–water partition coefficient (Wildman–Crippen LogP) is 1.16. The Morgan fingerprint density at radius 1 is 1.24 bits per heavy atom. The summed E-state index contributed by atoms with van der Waals surface area (Å²) >= 11 is 0. The zero-order chi connectivity index (χ0) is 12.8. The summed E-state index contributed by atoms with van der Waals surface area (Å²) in [6, 6.07) is 0.239. The molecule has 0 spiro atoms. The standard InChI is InChI=1S/C13H22N2O2/c1-8-5-6-10(9(8)2)15-7-11(16)14-13(3,4)12(15)17/h8-10H,5-7H2,1-4H3,(H,14,16). The molecule has 0 aromatic rings. The van der Waals surface area contributed by atoms with E-state index in [0.717, 1.165) is 12.8 Å². The van der Waals surface area contributed by atoms with Gasteiger partial charge in [0.25, 0.3) is 0 Å². The molecule has 2 aliphatic rings. The van der Waals surface area contributed by atoms with E-state index in [-0.39, 0.29) is 24.4 Å². The van der Waals surface area contributed by atoms with E-state index in [1.165, 1.54) is 0 Å². The molecule has 17 heavy (non-hydrogen) atoms. The number of hydrogen-bond acceptors (Lipinski definition) is 2. The molecular weight excluding hydrogens is 216 g/mol. The molecule has 1 aliphatic heterocycles. The zero-order valence-electron chi connectivity index (χ0n) is 11.1. The van der Waals surface area contributed by atoms with Gasteiger partial charge in [0.15, 0.2) is 0 Å². The molecule has 0 aromatic carbocycles. The van der Waals surface area contributed by atoms with E-state index in [1.807, 2.05) is 0 Å². The normalized spacial score (nSPS) is 37.2. The Hall–Kier alpha value is -1.06. The van der Waals surface area contributed by atoms with E-state index in [9.17, 15) is 9.59 Å². The van der Waals surface area contributed by atoms with Crippen molar-refractivity contribution in [2.45, 2.75) is 52.1 Å². The lowest BCUT2D eigenvalue weighted by Crippen LogP contribution is -2.66. The maximum Gasteiger partial charge on any atom is 0.248 e. The summed E-state index contributed by atoms with van der Waals surface area (Å²) in [5.41, 5.74) is -0.749. The van der Waals surface area contributed by atoms with Crippen LogP contribution < -0.4 is 5.32 Å². The van der Waals surface area contributed by atoms with Gasteiger partial charge in [0.05, 0.1) is 6.54 Å².